The van der Waals surface area contributed by atoms with Gasteiger partial charge in [-0.05, 0) is 13.2 Å². The summed E-state index contributed by atoms with van der Waals surface area (Å²) in [4.78, 5) is 24.8. The molecule has 1 aliphatic rings. The number of imide groups is 1. The first-order chi connectivity index (χ1) is 7.19. The highest BCUT2D eigenvalue weighted by atomic mass is 32.2. The highest BCUT2D eigenvalue weighted by molar-refractivity contribution is 7.98. The van der Waals surface area contributed by atoms with Gasteiger partial charge in [-0.1, -0.05) is 13.8 Å². The normalized spacial score (nSPS) is 23.7. The average molecular weight is 245 g/mol. The lowest BCUT2D eigenvalue weighted by Crippen LogP contribution is -2.46. The van der Waals surface area contributed by atoms with Gasteiger partial charge in [-0.3, -0.25) is 14.5 Å². The van der Waals surface area contributed by atoms with E-state index in [-0.39, 0.29) is 24.8 Å². The number of nitrogens with zero attached hydrogens (tertiary/aromatic N) is 1. The van der Waals surface area contributed by atoms with Crippen molar-refractivity contribution in [1.29, 1.82) is 0 Å². The minimum absolute atomic E-state index is 0.0922. The maximum atomic E-state index is 11.9. The number of likely N-dealkylation sites (tertiary alicyclic amines) is 1. The Morgan fingerprint density at radius 3 is 2.44 bits per heavy atom. The third kappa shape index (κ3) is 2.77. The fourth-order valence-electron chi connectivity index (χ4n) is 1.88. The molecule has 1 N–H and O–H groups in total. The Kier molecular flexibility index (Phi) is 3.69. The first-order valence-corrected chi connectivity index (χ1v) is 6.65. The van der Waals surface area contributed by atoms with Gasteiger partial charge >= 0.3 is 0 Å². The molecule has 92 valence electrons. The van der Waals surface area contributed by atoms with Crippen molar-refractivity contribution >= 4 is 23.6 Å². The second-order valence-electron chi connectivity index (χ2n) is 5.28. The fourth-order valence-corrected chi connectivity index (χ4v) is 2.60. The van der Waals surface area contributed by atoms with Gasteiger partial charge in [0, 0.05) is 12.2 Å². The summed E-state index contributed by atoms with van der Waals surface area (Å²) in [6, 6.07) is 0. The Bertz CT molecular complexity index is 312. The van der Waals surface area contributed by atoms with Crippen LogP contribution in [0.25, 0.3) is 0 Å². The number of amides is 2. The van der Waals surface area contributed by atoms with Crippen molar-refractivity contribution in [2.75, 3.05) is 18.6 Å². The van der Waals surface area contributed by atoms with Crippen LogP contribution in [0.15, 0.2) is 0 Å². The predicted molar refractivity (Wildman–Crippen MR) is 64.1 cm³/mol. The second-order valence-corrected chi connectivity index (χ2v) is 6.14. The van der Waals surface area contributed by atoms with Crippen molar-refractivity contribution in [3.8, 4) is 0 Å². The Hall–Kier alpha value is -0.550. The van der Waals surface area contributed by atoms with Crippen LogP contribution in [0.5, 0.6) is 0 Å². The van der Waals surface area contributed by atoms with Gasteiger partial charge in [-0.25, -0.2) is 0 Å². The third-order valence-electron chi connectivity index (χ3n) is 2.67. The molecule has 0 bridgehead atoms. The van der Waals surface area contributed by atoms with Gasteiger partial charge in [0.1, 0.15) is 0 Å². The van der Waals surface area contributed by atoms with Crippen LogP contribution in [-0.4, -0.2) is 46.0 Å². The number of carbonyl (C=O) groups excluding carboxylic acids is 2. The van der Waals surface area contributed by atoms with Crippen molar-refractivity contribution in [2.24, 2.45) is 5.41 Å². The van der Waals surface area contributed by atoms with E-state index in [1.165, 1.54) is 16.7 Å². The summed E-state index contributed by atoms with van der Waals surface area (Å²) in [6.45, 7) is 5.26. The van der Waals surface area contributed by atoms with E-state index in [2.05, 4.69) is 0 Å². The highest BCUT2D eigenvalue weighted by Crippen LogP contribution is 2.32. The summed E-state index contributed by atoms with van der Waals surface area (Å²) in [7, 11) is 0. The first kappa shape index (κ1) is 13.5. The molecule has 1 atom stereocenters. The topological polar surface area (TPSA) is 57.6 Å². The van der Waals surface area contributed by atoms with Gasteiger partial charge in [-0.15, -0.1) is 0 Å². The number of carbonyl (C=O) groups is 2. The van der Waals surface area contributed by atoms with E-state index in [9.17, 15) is 14.7 Å². The zero-order valence-electron chi connectivity index (χ0n) is 10.2. The van der Waals surface area contributed by atoms with Crippen molar-refractivity contribution in [1.82, 2.24) is 4.90 Å². The Labute approximate surface area is 100 Å². The number of aliphatic hydroxyl groups is 1. The molecule has 1 rings (SSSR count). The molecule has 1 saturated heterocycles. The minimum Gasteiger partial charge on any atom is -0.387 e. The molecule has 0 radical (unpaired) electrons. The van der Waals surface area contributed by atoms with Crippen LogP contribution >= 0.6 is 11.8 Å². The third-order valence-corrected chi connectivity index (χ3v) is 3.58. The molecule has 0 aliphatic carbocycles. The van der Waals surface area contributed by atoms with E-state index in [0.717, 1.165) is 0 Å². The van der Waals surface area contributed by atoms with Crippen LogP contribution < -0.4 is 0 Å². The van der Waals surface area contributed by atoms with Gasteiger partial charge in [0.15, 0.2) is 0 Å². The molecule has 16 heavy (non-hydrogen) atoms. The summed E-state index contributed by atoms with van der Waals surface area (Å²) in [6.07, 6.45) is 2.12. The van der Waals surface area contributed by atoms with E-state index < -0.39 is 11.0 Å². The quantitative estimate of drug-likeness (QED) is 0.747. The SMILES string of the molecule is CSCC(C)(O)CN1C(=O)CC(C)(C)C1=O. The highest BCUT2D eigenvalue weighted by Gasteiger charge is 2.46. The molecule has 4 nitrogen and oxygen atoms in total. The molecule has 1 heterocycles. The minimum atomic E-state index is -1.01. The number of hydrogen-bond acceptors (Lipinski definition) is 4. The Balaban J connectivity index is 2.76. The molecular formula is C11H19NO3S. The van der Waals surface area contributed by atoms with Crippen LogP contribution in [-0.2, 0) is 9.59 Å². The van der Waals surface area contributed by atoms with Crippen molar-refractivity contribution in [3.05, 3.63) is 0 Å². The Morgan fingerprint density at radius 1 is 1.50 bits per heavy atom. The number of β-amino-alcohol motifs (C(OH)–C–C–N with tert-alkyl or cyclic N) is 1. The molecular weight excluding hydrogens is 226 g/mol. The lowest BCUT2D eigenvalue weighted by atomic mass is 9.92. The maximum absolute atomic E-state index is 11.9. The maximum Gasteiger partial charge on any atom is 0.235 e. The van der Waals surface area contributed by atoms with E-state index in [4.69, 9.17) is 0 Å². The summed E-state index contributed by atoms with van der Waals surface area (Å²) in [5.74, 6) is 0.139. The second kappa shape index (κ2) is 4.37. The lowest BCUT2D eigenvalue weighted by Gasteiger charge is -2.28. The van der Waals surface area contributed by atoms with Gasteiger partial charge in [0.05, 0.1) is 17.6 Å². The summed E-state index contributed by atoms with van der Waals surface area (Å²) >= 11 is 1.50. The van der Waals surface area contributed by atoms with Gasteiger partial charge in [-0.2, -0.15) is 11.8 Å². The molecule has 0 aromatic heterocycles. The molecule has 5 heteroatoms. The summed E-state index contributed by atoms with van der Waals surface area (Å²) in [5.41, 5.74) is -1.63. The summed E-state index contributed by atoms with van der Waals surface area (Å²) in [5, 5.41) is 10.0. The van der Waals surface area contributed by atoms with Crippen LogP contribution in [0, 0.1) is 5.41 Å². The van der Waals surface area contributed by atoms with Gasteiger partial charge in [0.2, 0.25) is 11.8 Å². The smallest absolute Gasteiger partial charge is 0.235 e. The first-order valence-electron chi connectivity index (χ1n) is 5.26. The fraction of sp³-hybridized carbons (Fsp3) is 0.818. The van der Waals surface area contributed by atoms with Crippen LogP contribution in [0.3, 0.4) is 0 Å². The van der Waals surface area contributed by atoms with Crippen LogP contribution in [0.1, 0.15) is 27.2 Å². The monoisotopic (exact) mass is 245 g/mol. The van der Waals surface area contributed by atoms with E-state index in [1.54, 1.807) is 20.8 Å². The van der Waals surface area contributed by atoms with Gasteiger partial charge < -0.3 is 5.11 Å². The largest absolute Gasteiger partial charge is 0.387 e. The predicted octanol–water partition coefficient (Wildman–Crippen LogP) is 0.885. The number of rotatable bonds is 4. The lowest BCUT2D eigenvalue weighted by molar-refractivity contribution is -0.144. The molecule has 0 aromatic carbocycles. The van der Waals surface area contributed by atoms with E-state index in [0.29, 0.717) is 5.75 Å². The average Bonchev–Trinajstić information content (AvgIpc) is 2.28. The van der Waals surface area contributed by atoms with Crippen molar-refractivity contribution in [3.63, 3.8) is 0 Å². The molecule has 1 unspecified atom stereocenters. The number of thioether (sulfide) groups is 1. The zero-order valence-corrected chi connectivity index (χ0v) is 11.1. The summed E-state index contributed by atoms with van der Waals surface area (Å²) < 4.78 is 0. The van der Waals surface area contributed by atoms with Crippen molar-refractivity contribution < 1.29 is 14.7 Å². The molecule has 0 aromatic rings. The molecule has 1 aliphatic heterocycles. The number of hydrogen-bond donors (Lipinski definition) is 1. The van der Waals surface area contributed by atoms with Crippen molar-refractivity contribution in [2.45, 2.75) is 32.8 Å². The molecule has 0 spiro atoms. The zero-order chi connectivity index (χ0) is 12.6. The Morgan fingerprint density at radius 2 is 2.06 bits per heavy atom. The van der Waals surface area contributed by atoms with Crippen LogP contribution in [0.2, 0.25) is 0 Å². The molecule has 2 amide bonds. The molecule has 0 saturated carbocycles. The van der Waals surface area contributed by atoms with E-state index >= 15 is 0 Å². The standard InChI is InChI=1S/C11H19NO3S/c1-10(2)5-8(13)12(9(10)14)6-11(3,15)7-16-4/h15H,5-7H2,1-4H3. The van der Waals surface area contributed by atoms with Crippen LogP contribution in [0.4, 0.5) is 0 Å². The van der Waals surface area contributed by atoms with E-state index in [1.807, 2.05) is 6.26 Å². The van der Waals surface area contributed by atoms with Gasteiger partial charge in [0.25, 0.3) is 0 Å². The molecule has 1 fully saturated rings.